The number of nitrogens with two attached hydrogens (primary N) is 1. The number of hydrogen-bond donors (Lipinski definition) is 1. The maximum absolute atomic E-state index is 11.0. The molecule has 0 radical (unpaired) electrons. The average molecular weight is 301 g/mol. The first-order valence-corrected chi connectivity index (χ1v) is 7.80. The Bertz CT molecular complexity index is 752. The predicted molar refractivity (Wildman–Crippen MR) is 81.9 cm³/mol. The number of carbonyl (C=O) groups excluding carboxylic acids is 1. The molecule has 2 aromatic heterocycles. The highest BCUT2D eigenvalue weighted by Crippen LogP contribution is 2.30. The van der Waals surface area contributed by atoms with Gasteiger partial charge in [-0.3, -0.25) is 4.79 Å². The molecule has 0 atom stereocenters. The monoisotopic (exact) mass is 301 g/mol. The van der Waals surface area contributed by atoms with E-state index in [-0.39, 0.29) is 0 Å². The van der Waals surface area contributed by atoms with Crippen LogP contribution in [-0.4, -0.2) is 15.9 Å². The minimum Gasteiger partial charge on any atom is -0.366 e. The van der Waals surface area contributed by atoms with E-state index in [1.807, 2.05) is 23.6 Å². The second-order valence-corrected chi connectivity index (χ2v) is 6.04. The minimum atomic E-state index is -0.403. The van der Waals surface area contributed by atoms with E-state index in [1.54, 1.807) is 41.6 Å². The number of thiophene rings is 1. The molecule has 0 aliphatic rings. The highest BCUT2D eigenvalue weighted by molar-refractivity contribution is 7.98. The third-order valence-electron chi connectivity index (χ3n) is 2.82. The first-order valence-electron chi connectivity index (χ1n) is 5.94. The number of hydrogen-bond acceptors (Lipinski definition) is 5. The largest absolute Gasteiger partial charge is 0.366 e. The van der Waals surface area contributed by atoms with Gasteiger partial charge in [0, 0.05) is 11.3 Å². The molecule has 3 aromatic rings. The van der Waals surface area contributed by atoms with Crippen molar-refractivity contribution in [1.82, 2.24) is 9.97 Å². The summed E-state index contributed by atoms with van der Waals surface area (Å²) in [6, 6.07) is 9.32. The number of thioether (sulfide) groups is 1. The molecule has 6 heteroatoms. The molecule has 0 saturated heterocycles. The average Bonchev–Trinajstić information content (AvgIpc) is 2.94. The number of aromatic nitrogens is 2. The van der Waals surface area contributed by atoms with Gasteiger partial charge in [0.05, 0.1) is 10.2 Å². The Labute approximate surface area is 124 Å². The fourth-order valence-corrected chi connectivity index (χ4v) is 3.69. The number of rotatable bonds is 4. The molecule has 20 heavy (non-hydrogen) atoms. The molecule has 0 unspecified atom stereocenters. The Morgan fingerprint density at radius 1 is 1.20 bits per heavy atom. The van der Waals surface area contributed by atoms with Crippen molar-refractivity contribution in [2.45, 2.75) is 10.8 Å². The van der Waals surface area contributed by atoms with Gasteiger partial charge in [0.1, 0.15) is 11.4 Å². The van der Waals surface area contributed by atoms with Crippen molar-refractivity contribution >= 4 is 39.2 Å². The lowest BCUT2D eigenvalue weighted by atomic mass is 10.1. The fourth-order valence-electron chi connectivity index (χ4n) is 1.79. The van der Waals surface area contributed by atoms with E-state index in [4.69, 9.17) is 5.73 Å². The molecule has 0 saturated carbocycles. The van der Waals surface area contributed by atoms with Crippen molar-refractivity contribution < 1.29 is 4.79 Å². The van der Waals surface area contributed by atoms with E-state index in [9.17, 15) is 4.79 Å². The summed E-state index contributed by atoms with van der Waals surface area (Å²) in [5.41, 5.74) is 7.86. The van der Waals surface area contributed by atoms with E-state index >= 15 is 0 Å². The summed E-state index contributed by atoms with van der Waals surface area (Å²) < 4.78 is 1.12. The summed E-state index contributed by atoms with van der Waals surface area (Å²) in [7, 11) is 0. The van der Waals surface area contributed by atoms with E-state index < -0.39 is 5.91 Å². The van der Waals surface area contributed by atoms with Gasteiger partial charge in [-0.25, -0.2) is 9.97 Å². The van der Waals surface area contributed by atoms with Crippen LogP contribution < -0.4 is 5.73 Å². The Morgan fingerprint density at radius 2 is 2.00 bits per heavy atom. The van der Waals surface area contributed by atoms with Gasteiger partial charge in [0.15, 0.2) is 0 Å². The van der Waals surface area contributed by atoms with E-state index in [1.165, 1.54) is 0 Å². The Morgan fingerprint density at radius 3 is 2.75 bits per heavy atom. The fraction of sp³-hybridized carbons (Fsp3) is 0.0714. The van der Waals surface area contributed by atoms with Gasteiger partial charge >= 0.3 is 0 Å². The Hall–Kier alpha value is -1.92. The molecule has 0 fully saturated rings. The summed E-state index contributed by atoms with van der Waals surface area (Å²) >= 11 is 3.31. The van der Waals surface area contributed by atoms with Gasteiger partial charge in [0.25, 0.3) is 0 Å². The number of carbonyl (C=O) groups is 1. The summed E-state index contributed by atoms with van der Waals surface area (Å²) in [6.45, 7) is 0. The SMILES string of the molecule is NC(=O)c1ccc(CSc2ncnc3ccsc23)cc1. The minimum absolute atomic E-state index is 0.403. The van der Waals surface area contributed by atoms with Crippen LogP contribution in [0.5, 0.6) is 0 Å². The van der Waals surface area contributed by atoms with E-state index in [2.05, 4.69) is 9.97 Å². The molecule has 0 bridgehead atoms. The first-order chi connectivity index (χ1) is 9.74. The van der Waals surface area contributed by atoms with Crippen LogP contribution in [0.2, 0.25) is 0 Å². The normalized spacial score (nSPS) is 10.8. The van der Waals surface area contributed by atoms with Gasteiger partial charge in [-0.2, -0.15) is 0 Å². The zero-order chi connectivity index (χ0) is 13.9. The second kappa shape index (κ2) is 5.60. The second-order valence-electron chi connectivity index (χ2n) is 4.16. The van der Waals surface area contributed by atoms with Crippen LogP contribution in [0.4, 0.5) is 0 Å². The zero-order valence-corrected chi connectivity index (χ0v) is 12.1. The number of nitrogens with zero attached hydrogens (tertiary/aromatic N) is 2. The van der Waals surface area contributed by atoms with Gasteiger partial charge in [0.2, 0.25) is 5.91 Å². The number of amides is 1. The molecule has 1 amide bonds. The van der Waals surface area contributed by atoms with Crippen molar-refractivity contribution in [1.29, 1.82) is 0 Å². The molecule has 2 N–H and O–H groups in total. The van der Waals surface area contributed by atoms with Crippen LogP contribution >= 0.6 is 23.1 Å². The Kier molecular flexibility index (Phi) is 3.66. The lowest BCUT2D eigenvalue weighted by molar-refractivity contribution is 0.100. The molecule has 0 aliphatic heterocycles. The van der Waals surface area contributed by atoms with Crippen LogP contribution in [0.25, 0.3) is 10.2 Å². The molecule has 0 spiro atoms. The Balaban J connectivity index is 1.76. The van der Waals surface area contributed by atoms with Crippen molar-refractivity contribution in [3.8, 4) is 0 Å². The molecule has 100 valence electrons. The zero-order valence-electron chi connectivity index (χ0n) is 10.4. The van der Waals surface area contributed by atoms with Crippen molar-refractivity contribution in [2.75, 3.05) is 0 Å². The van der Waals surface area contributed by atoms with Crippen molar-refractivity contribution in [3.05, 3.63) is 53.2 Å². The third-order valence-corrected chi connectivity index (χ3v) is 4.92. The topological polar surface area (TPSA) is 68.9 Å². The lowest BCUT2D eigenvalue weighted by Crippen LogP contribution is -2.10. The standard InChI is InChI=1S/C14H11N3OS2/c15-13(18)10-3-1-9(2-4-10)7-20-14-12-11(5-6-19-12)16-8-17-14/h1-6,8H,7H2,(H2,15,18). The number of fused-ring (bicyclic) bond motifs is 1. The van der Waals surface area contributed by atoms with Crippen molar-refractivity contribution in [3.63, 3.8) is 0 Å². The van der Waals surface area contributed by atoms with E-state index in [0.717, 1.165) is 26.6 Å². The molecule has 1 aromatic carbocycles. The van der Waals surface area contributed by atoms with Crippen LogP contribution in [0.15, 0.2) is 47.1 Å². The maximum Gasteiger partial charge on any atom is 0.248 e. The molecule has 0 aliphatic carbocycles. The molecule has 3 rings (SSSR count). The van der Waals surface area contributed by atoms with E-state index in [0.29, 0.717) is 5.56 Å². The first kappa shape index (κ1) is 13.1. The molecule has 4 nitrogen and oxygen atoms in total. The predicted octanol–water partition coefficient (Wildman–Crippen LogP) is 3.08. The summed E-state index contributed by atoms with van der Waals surface area (Å²) in [5, 5.41) is 3.01. The summed E-state index contributed by atoms with van der Waals surface area (Å²) in [4.78, 5) is 19.6. The lowest BCUT2D eigenvalue weighted by Gasteiger charge is -2.03. The van der Waals surface area contributed by atoms with Crippen LogP contribution in [0, 0.1) is 0 Å². The molecule has 2 heterocycles. The van der Waals surface area contributed by atoms with Gasteiger partial charge in [-0.15, -0.1) is 23.1 Å². The van der Waals surface area contributed by atoms with Gasteiger partial charge in [-0.1, -0.05) is 12.1 Å². The quantitative estimate of drug-likeness (QED) is 0.594. The smallest absolute Gasteiger partial charge is 0.248 e. The summed E-state index contributed by atoms with van der Waals surface area (Å²) in [5.74, 6) is 0.392. The third kappa shape index (κ3) is 2.66. The van der Waals surface area contributed by atoms with Crippen LogP contribution in [0.3, 0.4) is 0 Å². The highest BCUT2D eigenvalue weighted by atomic mass is 32.2. The maximum atomic E-state index is 11.0. The highest BCUT2D eigenvalue weighted by Gasteiger charge is 2.06. The molecular weight excluding hydrogens is 290 g/mol. The number of benzene rings is 1. The molecular formula is C14H11N3OS2. The van der Waals surface area contributed by atoms with Gasteiger partial charge < -0.3 is 5.73 Å². The number of primary amides is 1. The van der Waals surface area contributed by atoms with Crippen LogP contribution in [-0.2, 0) is 5.75 Å². The van der Waals surface area contributed by atoms with Gasteiger partial charge in [-0.05, 0) is 29.1 Å². The van der Waals surface area contributed by atoms with Crippen molar-refractivity contribution in [2.24, 2.45) is 5.73 Å². The van der Waals surface area contributed by atoms with Crippen LogP contribution in [0.1, 0.15) is 15.9 Å². The summed E-state index contributed by atoms with van der Waals surface area (Å²) in [6.07, 6.45) is 1.59.